The van der Waals surface area contributed by atoms with E-state index in [-0.39, 0.29) is 0 Å². The molecule has 0 unspecified atom stereocenters. The molecule has 0 rings (SSSR count). The molecule has 0 fully saturated rings. The molecule has 0 spiro atoms. The van der Waals surface area contributed by atoms with Crippen LogP contribution in [0.3, 0.4) is 0 Å². The van der Waals surface area contributed by atoms with Gasteiger partial charge in [-0.15, -0.1) is 9.05 Å². The van der Waals surface area contributed by atoms with Crippen LogP contribution in [0.15, 0.2) is 0 Å². The molecular formula is C12H28O3P+. The first-order chi connectivity index (χ1) is 7.72. The molecule has 4 heteroatoms. The zero-order valence-corrected chi connectivity index (χ0v) is 12.2. The Bertz CT molecular complexity index is 126. The minimum absolute atomic E-state index is 0.540. The Labute approximate surface area is 102 Å². The van der Waals surface area contributed by atoms with E-state index in [4.69, 9.17) is 9.05 Å². The molecule has 3 nitrogen and oxygen atoms in total. The van der Waals surface area contributed by atoms with Crippen molar-refractivity contribution in [2.45, 2.75) is 66.2 Å². The van der Waals surface area contributed by atoms with E-state index in [0.29, 0.717) is 13.2 Å². The molecule has 0 aliphatic carbocycles. The topological polar surface area (TPSA) is 35.5 Å². The van der Waals surface area contributed by atoms with Gasteiger partial charge in [-0.05, 0) is 12.8 Å². The van der Waals surface area contributed by atoms with Crippen LogP contribution in [0.25, 0.3) is 0 Å². The predicted molar refractivity (Wildman–Crippen MR) is 69.9 cm³/mol. The lowest BCUT2D eigenvalue weighted by Gasteiger charge is -1.89. The van der Waals surface area contributed by atoms with E-state index in [2.05, 4.69) is 27.7 Å². The maximum Gasteiger partial charge on any atom is 0.697 e. The van der Waals surface area contributed by atoms with Gasteiger partial charge in [-0.1, -0.05) is 53.4 Å². The molecule has 0 radical (unpaired) electrons. The first-order valence-corrected chi connectivity index (χ1v) is 7.55. The minimum atomic E-state index is -1.85. The van der Waals surface area contributed by atoms with E-state index in [1.54, 1.807) is 0 Å². The van der Waals surface area contributed by atoms with Crippen LogP contribution in [0, 0.1) is 0 Å². The fraction of sp³-hybridized carbons (Fsp3) is 1.00. The third-order valence-corrected chi connectivity index (χ3v) is 2.68. The van der Waals surface area contributed by atoms with Gasteiger partial charge < -0.3 is 0 Å². The normalized spacial score (nSPS) is 9.50. The third kappa shape index (κ3) is 19.6. The van der Waals surface area contributed by atoms with Crippen LogP contribution in [0.2, 0.25) is 0 Å². The standard InChI is InChI=1S/C8H18O3P.C4H10/c1-3-5-7-10-12(9)11-8-6-4-2;1-3-4-2/h3-8H2,1-2H3;3-4H2,1-2H3/q+1;. The Kier molecular flexibility index (Phi) is 20.0. The summed E-state index contributed by atoms with van der Waals surface area (Å²) < 4.78 is 20.7. The zero-order valence-electron chi connectivity index (χ0n) is 11.3. The van der Waals surface area contributed by atoms with Gasteiger partial charge in [0.1, 0.15) is 13.2 Å². The Balaban J connectivity index is 0. The predicted octanol–water partition coefficient (Wildman–Crippen LogP) is 5.08. The Morgan fingerprint density at radius 2 is 1.12 bits per heavy atom. The van der Waals surface area contributed by atoms with Gasteiger partial charge in [-0.2, -0.15) is 0 Å². The minimum Gasteiger partial charge on any atom is -0.119 e. The highest BCUT2D eigenvalue weighted by molar-refractivity contribution is 7.33. The van der Waals surface area contributed by atoms with Crippen molar-refractivity contribution < 1.29 is 13.6 Å². The van der Waals surface area contributed by atoms with E-state index >= 15 is 0 Å². The summed E-state index contributed by atoms with van der Waals surface area (Å²) in [5.41, 5.74) is 0. The van der Waals surface area contributed by atoms with Crippen LogP contribution in [-0.2, 0) is 13.6 Å². The fourth-order valence-electron chi connectivity index (χ4n) is 0.604. The molecule has 0 saturated heterocycles. The maximum atomic E-state index is 10.9. The summed E-state index contributed by atoms with van der Waals surface area (Å²) in [6, 6.07) is 0. The summed E-state index contributed by atoms with van der Waals surface area (Å²) in [6.45, 7) is 9.57. The molecule has 0 bridgehead atoms. The lowest BCUT2D eigenvalue weighted by Crippen LogP contribution is -1.90. The van der Waals surface area contributed by atoms with Gasteiger partial charge >= 0.3 is 8.25 Å². The van der Waals surface area contributed by atoms with Crippen molar-refractivity contribution in [2.75, 3.05) is 13.2 Å². The highest BCUT2D eigenvalue weighted by atomic mass is 31.1. The van der Waals surface area contributed by atoms with Crippen LogP contribution < -0.4 is 0 Å². The van der Waals surface area contributed by atoms with Gasteiger partial charge in [-0.3, -0.25) is 0 Å². The molecule has 0 N–H and O–H groups in total. The second-order valence-electron chi connectivity index (χ2n) is 3.60. The van der Waals surface area contributed by atoms with E-state index in [1.165, 1.54) is 12.8 Å². The maximum absolute atomic E-state index is 10.9. The molecule has 0 amide bonds. The van der Waals surface area contributed by atoms with Crippen molar-refractivity contribution >= 4 is 8.25 Å². The summed E-state index contributed by atoms with van der Waals surface area (Å²) in [7, 11) is -1.85. The van der Waals surface area contributed by atoms with E-state index in [1.807, 2.05) is 0 Å². The van der Waals surface area contributed by atoms with E-state index in [9.17, 15) is 4.57 Å². The highest BCUT2D eigenvalue weighted by Gasteiger charge is 2.18. The molecule has 98 valence electrons. The van der Waals surface area contributed by atoms with Gasteiger partial charge in [0.15, 0.2) is 0 Å². The lowest BCUT2D eigenvalue weighted by molar-refractivity contribution is 0.221. The number of unbranched alkanes of at least 4 members (excludes halogenated alkanes) is 3. The van der Waals surface area contributed by atoms with Crippen LogP contribution in [0.4, 0.5) is 0 Å². The first kappa shape index (κ1) is 18.4. The molecular weight excluding hydrogens is 223 g/mol. The average Bonchev–Trinajstić information content (AvgIpc) is 2.30. The van der Waals surface area contributed by atoms with E-state index < -0.39 is 8.25 Å². The van der Waals surface area contributed by atoms with Crippen LogP contribution in [0.1, 0.15) is 66.2 Å². The molecule has 0 atom stereocenters. The summed E-state index contributed by atoms with van der Waals surface area (Å²) >= 11 is 0. The van der Waals surface area contributed by atoms with E-state index in [0.717, 1.165) is 25.7 Å². The van der Waals surface area contributed by atoms with Crippen LogP contribution in [0.5, 0.6) is 0 Å². The Morgan fingerprint density at radius 1 is 0.750 bits per heavy atom. The van der Waals surface area contributed by atoms with Gasteiger partial charge in [0.25, 0.3) is 0 Å². The van der Waals surface area contributed by atoms with Crippen molar-refractivity contribution in [3.8, 4) is 0 Å². The lowest BCUT2D eigenvalue weighted by atomic mass is 10.4. The zero-order chi connectivity index (χ0) is 12.6. The van der Waals surface area contributed by atoms with Crippen LogP contribution >= 0.6 is 8.25 Å². The molecule has 0 aliphatic rings. The SMILES string of the molecule is CCCC.CCCCO[P+](=O)OCCCC. The van der Waals surface area contributed by atoms with Gasteiger partial charge in [0, 0.05) is 4.57 Å². The van der Waals surface area contributed by atoms with Gasteiger partial charge in [-0.25, -0.2) is 0 Å². The summed E-state index contributed by atoms with van der Waals surface area (Å²) in [5.74, 6) is 0. The fourth-order valence-corrected chi connectivity index (χ4v) is 1.23. The van der Waals surface area contributed by atoms with Gasteiger partial charge in [0.05, 0.1) is 0 Å². The molecule has 16 heavy (non-hydrogen) atoms. The van der Waals surface area contributed by atoms with Crippen LogP contribution in [-0.4, -0.2) is 13.2 Å². The van der Waals surface area contributed by atoms with Crippen molar-refractivity contribution in [2.24, 2.45) is 0 Å². The highest BCUT2D eigenvalue weighted by Crippen LogP contribution is 2.24. The smallest absolute Gasteiger partial charge is 0.119 e. The molecule has 0 heterocycles. The largest absolute Gasteiger partial charge is 0.697 e. The third-order valence-electron chi connectivity index (χ3n) is 1.89. The molecule has 0 aromatic heterocycles. The summed E-state index contributed by atoms with van der Waals surface area (Å²) in [5, 5.41) is 0. The summed E-state index contributed by atoms with van der Waals surface area (Å²) in [6.07, 6.45) is 6.63. The number of hydrogen-bond acceptors (Lipinski definition) is 3. The van der Waals surface area contributed by atoms with Crippen molar-refractivity contribution in [1.82, 2.24) is 0 Å². The first-order valence-electron chi connectivity index (χ1n) is 6.45. The molecule has 0 aromatic rings. The Hall–Kier alpha value is 0.0200. The molecule has 0 aliphatic heterocycles. The molecule has 0 saturated carbocycles. The Morgan fingerprint density at radius 3 is 1.38 bits per heavy atom. The van der Waals surface area contributed by atoms with Crippen molar-refractivity contribution in [1.29, 1.82) is 0 Å². The van der Waals surface area contributed by atoms with Gasteiger partial charge in [0.2, 0.25) is 0 Å². The monoisotopic (exact) mass is 251 g/mol. The second-order valence-corrected chi connectivity index (χ2v) is 4.56. The van der Waals surface area contributed by atoms with Crippen molar-refractivity contribution in [3.05, 3.63) is 0 Å². The summed E-state index contributed by atoms with van der Waals surface area (Å²) in [4.78, 5) is 0. The quantitative estimate of drug-likeness (QED) is 0.423. The molecule has 0 aromatic carbocycles. The second kappa shape index (κ2) is 17.4. The average molecular weight is 251 g/mol. The van der Waals surface area contributed by atoms with Crippen molar-refractivity contribution in [3.63, 3.8) is 0 Å². The number of hydrogen-bond donors (Lipinski definition) is 0. The number of rotatable bonds is 9.